The maximum atomic E-state index is 6.52. The number of aromatic nitrogens is 1. The molecule has 0 amide bonds. The first-order valence-electron chi connectivity index (χ1n) is 13.5. The van der Waals surface area contributed by atoms with Crippen LogP contribution in [0.3, 0.4) is 0 Å². The van der Waals surface area contributed by atoms with E-state index in [0.717, 1.165) is 72.1 Å². The van der Waals surface area contributed by atoms with Gasteiger partial charge in [0.15, 0.2) is 5.58 Å². The standard InChI is InChI=1S/C36H20N2O2/c1-6-18-33-21(9-1)24-12-8-16-30(36(24)40-33)37-27-13-3-4-14-28(27)38-31-20-34-26(22-10-2-5-17-32(22)39-34)19-25(31)23-11-7-15-29(37)35(23)38/h1-20H. The Balaban J connectivity index is 1.36. The van der Waals surface area contributed by atoms with Crippen LogP contribution in [0.2, 0.25) is 0 Å². The maximum Gasteiger partial charge on any atom is 0.159 e. The molecule has 4 heteroatoms. The van der Waals surface area contributed by atoms with Crippen LogP contribution in [-0.4, -0.2) is 4.57 Å². The molecule has 9 aromatic rings. The summed E-state index contributed by atoms with van der Waals surface area (Å²) in [5.41, 5.74) is 10.3. The van der Waals surface area contributed by atoms with Gasteiger partial charge in [-0.15, -0.1) is 0 Å². The third-order valence-corrected chi connectivity index (χ3v) is 8.49. The largest absolute Gasteiger partial charge is 0.456 e. The van der Waals surface area contributed by atoms with Crippen LogP contribution in [0.25, 0.3) is 71.4 Å². The lowest BCUT2D eigenvalue weighted by Gasteiger charge is -2.33. The van der Waals surface area contributed by atoms with Crippen molar-refractivity contribution in [2.75, 3.05) is 4.90 Å². The molecule has 4 nitrogen and oxygen atoms in total. The SMILES string of the molecule is c1ccc2c(c1)N(c1cccc3c1oc1ccccc13)c1cccc3c4cc5c(cc4n-2c13)oc1ccccc15. The van der Waals surface area contributed by atoms with Crippen molar-refractivity contribution in [2.45, 2.75) is 0 Å². The zero-order valence-electron chi connectivity index (χ0n) is 21.3. The predicted molar refractivity (Wildman–Crippen MR) is 164 cm³/mol. The average Bonchev–Trinajstić information content (AvgIpc) is 3.67. The van der Waals surface area contributed by atoms with Gasteiger partial charge >= 0.3 is 0 Å². The fourth-order valence-electron chi connectivity index (χ4n) is 6.84. The van der Waals surface area contributed by atoms with Crippen LogP contribution in [0.15, 0.2) is 130 Å². The Hall–Kier alpha value is -5.48. The summed E-state index contributed by atoms with van der Waals surface area (Å²) >= 11 is 0. The Morgan fingerprint density at radius 1 is 0.400 bits per heavy atom. The van der Waals surface area contributed by atoms with Gasteiger partial charge in [0.05, 0.1) is 33.8 Å². The minimum atomic E-state index is 0.893. The molecular weight excluding hydrogens is 492 g/mol. The summed E-state index contributed by atoms with van der Waals surface area (Å²) < 4.78 is 15.2. The summed E-state index contributed by atoms with van der Waals surface area (Å²) in [6.45, 7) is 0. The quantitative estimate of drug-likeness (QED) is 0.219. The summed E-state index contributed by atoms with van der Waals surface area (Å²) in [5, 5.41) is 6.97. The topological polar surface area (TPSA) is 34.5 Å². The van der Waals surface area contributed by atoms with Crippen LogP contribution in [0, 0.1) is 0 Å². The Labute approximate surface area is 227 Å². The second kappa shape index (κ2) is 7.13. The van der Waals surface area contributed by atoms with Crippen molar-refractivity contribution in [3.63, 3.8) is 0 Å². The van der Waals surface area contributed by atoms with Crippen molar-refractivity contribution >= 4 is 82.7 Å². The molecule has 0 spiro atoms. The highest BCUT2D eigenvalue weighted by atomic mass is 16.3. The number of hydrogen-bond acceptors (Lipinski definition) is 3. The number of furan rings is 2. The van der Waals surface area contributed by atoms with Crippen molar-refractivity contribution in [1.29, 1.82) is 0 Å². The maximum absolute atomic E-state index is 6.52. The summed E-state index contributed by atoms with van der Waals surface area (Å²) in [5.74, 6) is 0. The lowest BCUT2D eigenvalue weighted by molar-refractivity contribution is 0.669. The molecule has 1 aliphatic heterocycles. The molecule has 0 saturated carbocycles. The van der Waals surface area contributed by atoms with Gasteiger partial charge in [-0.05, 0) is 42.5 Å². The van der Waals surface area contributed by atoms with E-state index >= 15 is 0 Å². The number of hydrogen-bond donors (Lipinski definition) is 0. The number of anilines is 3. The van der Waals surface area contributed by atoms with Gasteiger partial charge in [-0.3, -0.25) is 0 Å². The summed E-state index contributed by atoms with van der Waals surface area (Å²) in [6, 6.07) is 42.8. The number of benzene rings is 6. The number of rotatable bonds is 1. The Kier molecular flexibility index (Phi) is 3.65. The minimum Gasteiger partial charge on any atom is -0.456 e. The first-order chi connectivity index (χ1) is 19.8. The zero-order valence-corrected chi connectivity index (χ0v) is 21.3. The van der Waals surface area contributed by atoms with Gasteiger partial charge in [0.1, 0.15) is 16.7 Å². The minimum absolute atomic E-state index is 0.893. The molecule has 0 saturated heterocycles. The monoisotopic (exact) mass is 512 g/mol. The van der Waals surface area contributed by atoms with Crippen molar-refractivity contribution in [3.05, 3.63) is 121 Å². The van der Waals surface area contributed by atoms with Crippen molar-refractivity contribution in [2.24, 2.45) is 0 Å². The average molecular weight is 513 g/mol. The third-order valence-electron chi connectivity index (χ3n) is 8.49. The van der Waals surface area contributed by atoms with Gasteiger partial charge in [-0.25, -0.2) is 0 Å². The van der Waals surface area contributed by atoms with Crippen LogP contribution in [0.1, 0.15) is 0 Å². The van der Waals surface area contributed by atoms with E-state index in [2.05, 4.69) is 107 Å². The van der Waals surface area contributed by atoms with E-state index in [1.165, 1.54) is 16.3 Å². The molecule has 0 fully saturated rings. The Morgan fingerprint density at radius 3 is 1.88 bits per heavy atom. The van der Waals surface area contributed by atoms with Gasteiger partial charge in [0, 0.05) is 38.4 Å². The molecule has 4 heterocycles. The lowest BCUT2D eigenvalue weighted by atomic mass is 10.1. The molecule has 1 aliphatic rings. The highest BCUT2D eigenvalue weighted by molar-refractivity contribution is 6.22. The van der Waals surface area contributed by atoms with Gasteiger partial charge < -0.3 is 18.3 Å². The second-order valence-corrected chi connectivity index (χ2v) is 10.5. The van der Waals surface area contributed by atoms with Crippen molar-refractivity contribution < 1.29 is 8.83 Å². The van der Waals surface area contributed by atoms with E-state index in [1.807, 2.05) is 24.3 Å². The molecule has 10 rings (SSSR count). The van der Waals surface area contributed by atoms with E-state index in [4.69, 9.17) is 8.83 Å². The van der Waals surface area contributed by atoms with Crippen molar-refractivity contribution in [1.82, 2.24) is 4.57 Å². The fraction of sp³-hybridized carbons (Fsp3) is 0. The first-order valence-corrected chi connectivity index (χ1v) is 13.5. The fourth-order valence-corrected chi connectivity index (χ4v) is 6.84. The number of nitrogens with zero attached hydrogens (tertiary/aromatic N) is 2. The lowest BCUT2D eigenvalue weighted by Crippen LogP contribution is -2.18. The third kappa shape index (κ3) is 2.42. The van der Waals surface area contributed by atoms with E-state index in [1.54, 1.807) is 0 Å². The van der Waals surface area contributed by atoms with Crippen molar-refractivity contribution in [3.8, 4) is 5.69 Å². The van der Waals surface area contributed by atoms with Crippen LogP contribution in [0.5, 0.6) is 0 Å². The second-order valence-electron chi connectivity index (χ2n) is 10.5. The molecule has 0 aliphatic carbocycles. The van der Waals surface area contributed by atoms with E-state index in [0.29, 0.717) is 0 Å². The van der Waals surface area contributed by atoms with Crippen LogP contribution >= 0.6 is 0 Å². The highest BCUT2D eigenvalue weighted by Gasteiger charge is 2.30. The summed E-state index contributed by atoms with van der Waals surface area (Å²) in [7, 11) is 0. The van der Waals surface area contributed by atoms with Crippen LogP contribution in [0.4, 0.5) is 17.1 Å². The van der Waals surface area contributed by atoms with Gasteiger partial charge in [-0.2, -0.15) is 0 Å². The van der Waals surface area contributed by atoms with Gasteiger partial charge in [0.25, 0.3) is 0 Å². The molecule has 40 heavy (non-hydrogen) atoms. The number of fused-ring (bicyclic) bond motifs is 11. The predicted octanol–water partition coefficient (Wildman–Crippen LogP) is 10.4. The molecule has 6 aromatic carbocycles. The highest BCUT2D eigenvalue weighted by Crippen LogP contribution is 2.52. The van der Waals surface area contributed by atoms with E-state index in [-0.39, 0.29) is 0 Å². The summed E-state index contributed by atoms with van der Waals surface area (Å²) in [6.07, 6.45) is 0. The Morgan fingerprint density at radius 2 is 1.02 bits per heavy atom. The molecular formula is C36H20N2O2. The van der Waals surface area contributed by atoms with E-state index < -0.39 is 0 Å². The van der Waals surface area contributed by atoms with Crippen LogP contribution in [-0.2, 0) is 0 Å². The zero-order chi connectivity index (χ0) is 25.9. The molecule has 0 bridgehead atoms. The van der Waals surface area contributed by atoms with Crippen LogP contribution < -0.4 is 4.90 Å². The Bertz CT molecular complexity index is 2510. The van der Waals surface area contributed by atoms with Gasteiger partial charge in [-0.1, -0.05) is 72.8 Å². The smallest absolute Gasteiger partial charge is 0.159 e. The number of para-hydroxylation sites is 6. The van der Waals surface area contributed by atoms with Gasteiger partial charge in [0.2, 0.25) is 0 Å². The normalized spacial score (nSPS) is 12.9. The molecule has 0 N–H and O–H groups in total. The molecule has 0 radical (unpaired) electrons. The van der Waals surface area contributed by atoms with E-state index in [9.17, 15) is 0 Å². The molecule has 0 atom stereocenters. The molecule has 0 unspecified atom stereocenters. The first kappa shape index (κ1) is 20.5. The molecule has 186 valence electrons. The summed E-state index contributed by atoms with van der Waals surface area (Å²) in [4.78, 5) is 2.36. The molecule has 3 aromatic heterocycles.